The Morgan fingerprint density at radius 3 is 1.59 bits per heavy atom. The fourth-order valence-corrected chi connectivity index (χ4v) is 13.4. The van der Waals surface area contributed by atoms with Crippen LogP contribution >= 0.6 is 0 Å². The van der Waals surface area contributed by atoms with E-state index in [4.69, 9.17) is 4.43 Å². The molecule has 2 aromatic rings. The minimum absolute atomic E-state index is 0.140. The van der Waals surface area contributed by atoms with Crippen LogP contribution in [0.1, 0.15) is 69.2 Å². The van der Waals surface area contributed by atoms with Crippen LogP contribution in [0.2, 0.25) is 16.6 Å². The Hall–Kier alpha value is -1.72. The van der Waals surface area contributed by atoms with Crippen molar-refractivity contribution in [2.45, 2.75) is 76.1 Å². The SMILES string of the molecule is CC(C)[Si](O[C@H](C)[C@H]([Se]c1ccccc1)N1C(=O)c2ccccc2C1=O)(C(C)C)C(C)C. The number of benzene rings is 2. The van der Waals surface area contributed by atoms with E-state index < -0.39 is 8.32 Å². The zero-order valence-electron chi connectivity index (χ0n) is 20.2. The summed E-state index contributed by atoms with van der Waals surface area (Å²) in [5.74, 6) is -0.399. The van der Waals surface area contributed by atoms with E-state index in [0.29, 0.717) is 27.8 Å². The first-order valence-corrected chi connectivity index (χ1v) is 15.5. The van der Waals surface area contributed by atoms with Crippen LogP contribution in [0.3, 0.4) is 0 Å². The van der Waals surface area contributed by atoms with Crippen molar-refractivity contribution in [3.63, 3.8) is 0 Å². The van der Waals surface area contributed by atoms with Crippen molar-refractivity contribution >= 4 is 39.6 Å². The Balaban J connectivity index is 2.02. The van der Waals surface area contributed by atoms with Gasteiger partial charge in [-0.3, -0.25) is 0 Å². The molecule has 0 spiro atoms. The molecule has 32 heavy (non-hydrogen) atoms. The van der Waals surface area contributed by atoms with E-state index in [1.54, 1.807) is 12.1 Å². The van der Waals surface area contributed by atoms with Crippen LogP contribution in [-0.2, 0) is 4.43 Å². The van der Waals surface area contributed by atoms with Gasteiger partial charge < -0.3 is 0 Å². The van der Waals surface area contributed by atoms with Crippen LogP contribution in [-0.4, -0.2) is 51.0 Å². The number of hydrogen-bond acceptors (Lipinski definition) is 3. The van der Waals surface area contributed by atoms with Gasteiger partial charge in [-0.1, -0.05) is 0 Å². The van der Waals surface area contributed by atoms with Gasteiger partial charge in [-0.15, -0.1) is 0 Å². The van der Waals surface area contributed by atoms with E-state index in [1.165, 1.54) is 4.90 Å². The van der Waals surface area contributed by atoms with E-state index >= 15 is 0 Å². The first-order valence-electron chi connectivity index (χ1n) is 11.5. The fourth-order valence-electron chi connectivity index (χ4n) is 5.22. The molecule has 1 aliphatic rings. The van der Waals surface area contributed by atoms with Crippen molar-refractivity contribution < 1.29 is 14.0 Å². The maximum atomic E-state index is 13.4. The molecular formula is C26H35NO3SeSi. The summed E-state index contributed by atoms with van der Waals surface area (Å²) in [6, 6.07) is 17.3. The Bertz CT molecular complexity index is 904. The zero-order valence-corrected chi connectivity index (χ0v) is 22.9. The number of rotatable bonds is 9. The molecule has 0 unspecified atom stereocenters. The first-order chi connectivity index (χ1) is 15.1. The quantitative estimate of drug-likeness (QED) is 0.339. The molecule has 0 saturated carbocycles. The van der Waals surface area contributed by atoms with E-state index in [-0.39, 0.29) is 37.8 Å². The van der Waals surface area contributed by atoms with Gasteiger partial charge in [-0.05, 0) is 0 Å². The molecule has 1 heterocycles. The predicted octanol–water partition coefficient (Wildman–Crippen LogP) is 5.22. The Kier molecular flexibility index (Phi) is 7.82. The number of imide groups is 1. The van der Waals surface area contributed by atoms with Crippen LogP contribution in [0.15, 0.2) is 54.6 Å². The van der Waals surface area contributed by atoms with E-state index in [2.05, 4.69) is 60.6 Å². The average molecular weight is 517 g/mol. The summed E-state index contributed by atoms with van der Waals surface area (Å²) < 4.78 is 8.23. The maximum absolute atomic E-state index is 13.4. The van der Waals surface area contributed by atoms with Gasteiger partial charge in [0.05, 0.1) is 0 Å². The van der Waals surface area contributed by atoms with E-state index in [9.17, 15) is 9.59 Å². The Morgan fingerprint density at radius 2 is 1.16 bits per heavy atom. The molecule has 2 amide bonds. The molecule has 0 radical (unpaired) electrons. The molecule has 2 atom stereocenters. The average Bonchev–Trinajstić information content (AvgIpc) is 3.00. The van der Waals surface area contributed by atoms with Crippen LogP contribution in [0.5, 0.6) is 0 Å². The van der Waals surface area contributed by atoms with Gasteiger partial charge in [0.2, 0.25) is 0 Å². The second-order valence-corrected chi connectivity index (χ2v) is 17.4. The third kappa shape index (κ3) is 4.51. The molecule has 172 valence electrons. The summed E-state index contributed by atoms with van der Waals surface area (Å²) in [4.78, 5) is 27.9. The van der Waals surface area contributed by atoms with Crippen molar-refractivity contribution in [2.24, 2.45) is 0 Å². The van der Waals surface area contributed by atoms with Crippen molar-refractivity contribution in [1.29, 1.82) is 0 Å². The fraction of sp³-hybridized carbons (Fsp3) is 0.462. The van der Waals surface area contributed by atoms with Gasteiger partial charge in [-0.2, -0.15) is 0 Å². The summed E-state index contributed by atoms with van der Waals surface area (Å²) in [5.41, 5.74) is 2.28. The number of amides is 2. The molecule has 0 fully saturated rings. The second-order valence-electron chi connectivity index (χ2n) is 9.49. The summed E-state index contributed by atoms with van der Waals surface area (Å²) in [7, 11) is -2.18. The Labute approximate surface area is 200 Å². The normalized spacial score (nSPS) is 16.2. The molecule has 1 aliphatic heterocycles. The van der Waals surface area contributed by atoms with E-state index in [1.807, 2.05) is 30.3 Å². The van der Waals surface area contributed by atoms with Crippen LogP contribution < -0.4 is 4.46 Å². The van der Waals surface area contributed by atoms with Gasteiger partial charge in [0, 0.05) is 0 Å². The van der Waals surface area contributed by atoms with Gasteiger partial charge in [-0.25, -0.2) is 0 Å². The molecule has 2 aromatic carbocycles. The topological polar surface area (TPSA) is 46.6 Å². The van der Waals surface area contributed by atoms with Crippen LogP contribution in [0, 0.1) is 0 Å². The third-order valence-electron chi connectivity index (χ3n) is 6.58. The third-order valence-corrected chi connectivity index (χ3v) is 15.7. The standard InChI is InChI=1S/C26H35NO3SeSi/c1-17(2)32(18(3)4,19(5)6)30-20(7)26(31-21-13-9-8-10-14-21)27-24(28)22-15-11-12-16-23(22)25(27)29/h8-20,26H,1-7H3/t20-,26+/m1/s1. The van der Waals surface area contributed by atoms with Gasteiger partial charge in [0.1, 0.15) is 0 Å². The molecule has 0 aromatic heterocycles. The number of fused-ring (bicyclic) bond motifs is 1. The van der Waals surface area contributed by atoms with Crippen LogP contribution in [0.4, 0.5) is 0 Å². The summed E-state index contributed by atoms with van der Waals surface area (Å²) in [5, 5.41) is 0. The molecule has 3 rings (SSSR count). The molecule has 0 saturated heterocycles. The van der Waals surface area contributed by atoms with Crippen molar-refractivity contribution in [2.75, 3.05) is 0 Å². The molecule has 0 aliphatic carbocycles. The van der Waals surface area contributed by atoms with Crippen molar-refractivity contribution in [1.82, 2.24) is 4.90 Å². The second kappa shape index (κ2) is 10.0. The first kappa shape index (κ1) is 24.9. The van der Waals surface area contributed by atoms with Gasteiger partial charge in [0.15, 0.2) is 0 Å². The molecule has 0 N–H and O–H groups in total. The van der Waals surface area contributed by atoms with E-state index in [0.717, 1.165) is 4.46 Å². The number of nitrogens with zero attached hydrogens (tertiary/aromatic N) is 1. The minimum atomic E-state index is -2.18. The van der Waals surface area contributed by atoms with Crippen molar-refractivity contribution in [3.8, 4) is 0 Å². The molecule has 0 bridgehead atoms. The van der Waals surface area contributed by atoms with Gasteiger partial charge in [0.25, 0.3) is 0 Å². The Morgan fingerprint density at radius 1 is 0.719 bits per heavy atom. The monoisotopic (exact) mass is 517 g/mol. The molecule has 6 heteroatoms. The predicted molar refractivity (Wildman–Crippen MR) is 134 cm³/mol. The number of hydrogen-bond donors (Lipinski definition) is 0. The summed E-state index contributed by atoms with van der Waals surface area (Å²) in [6.07, 6.45) is -0.240. The number of carbonyl (C=O) groups is 2. The number of carbonyl (C=O) groups excluding carboxylic acids is 2. The van der Waals surface area contributed by atoms with Crippen LogP contribution in [0.25, 0.3) is 0 Å². The molecule has 4 nitrogen and oxygen atoms in total. The summed E-state index contributed by atoms with van der Waals surface area (Å²) in [6.45, 7) is 15.6. The molecular weight excluding hydrogens is 481 g/mol. The summed E-state index contributed by atoms with van der Waals surface area (Å²) >= 11 is -0.140. The van der Waals surface area contributed by atoms with Gasteiger partial charge >= 0.3 is 200 Å². The van der Waals surface area contributed by atoms with Crippen molar-refractivity contribution in [3.05, 3.63) is 65.7 Å². The zero-order chi connectivity index (χ0) is 23.6.